The lowest BCUT2D eigenvalue weighted by molar-refractivity contribution is 0.0775. The van der Waals surface area contributed by atoms with Gasteiger partial charge in [-0.05, 0) is 0 Å². The van der Waals surface area contributed by atoms with E-state index in [0.29, 0.717) is 30.4 Å². The van der Waals surface area contributed by atoms with Gasteiger partial charge in [0, 0.05) is 38.1 Å². The second kappa shape index (κ2) is 5.98. The summed E-state index contributed by atoms with van der Waals surface area (Å²) < 4.78 is 1.59. The van der Waals surface area contributed by atoms with Crippen LogP contribution in [0.1, 0.15) is 10.4 Å². The first-order valence-electron chi connectivity index (χ1n) is 4.59. The molecule has 0 aliphatic carbocycles. The van der Waals surface area contributed by atoms with Crippen LogP contribution < -0.4 is 0 Å². The van der Waals surface area contributed by atoms with Gasteiger partial charge in [-0.1, -0.05) is 0 Å². The van der Waals surface area contributed by atoms with Gasteiger partial charge >= 0.3 is 0 Å². The van der Waals surface area contributed by atoms with Crippen LogP contribution in [0.25, 0.3) is 0 Å². The van der Waals surface area contributed by atoms with Crippen LogP contribution in [0.15, 0.2) is 12.4 Å². The van der Waals surface area contributed by atoms with E-state index in [2.05, 4.69) is 5.10 Å². The highest BCUT2D eigenvalue weighted by molar-refractivity contribution is 6.18. The number of carbonyl (C=O) groups excluding carboxylic acids is 1. The van der Waals surface area contributed by atoms with Crippen LogP contribution >= 0.6 is 23.2 Å². The summed E-state index contributed by atoms with van der Waals surface area (Å²) in [6, 6.07) is 0. The van der Waals surface area contributed by atoms with Crippen LogP contribution in [0.4, 0.5) is 0 Å². The average molecular weight is 250 g/mol. The summed E-state index contributed by atoms with van der Waals surface area (Å²) in [7, 11) is 1.77. The molecule has 0 bridgehead atoms. The molecule has 6 heteroatoms. The van der Waals surface area contributed by atoms with Gasteiger partial charge in [-0.15, -0.1) is 23.2 Å². The van der Waals surface area contributed by atoms with Crippen molar-refractivity contribution in [1.29, 1.82) is 0 Å². The molecule has 15 heavy (non-hydrogen) atoms. The lowest BCUT2D eigenvalue weighted by Gasteiger charge is -2.19. The van der Waals surface area contributed by atoms with Crippen molar-refractivity contribution in [3.63, 3.8) is 0 Å². The summed E-state index contributed by atoms with van der Waals surface area (Å²) in [5, 5.41) is 3.94. The van der Waals surface area contributed by atoms with E-state index in [4.69, 9.17) is 23.2 Å². The maximum atomic E-state index is 11.9. The summed E-state index contributed by atoms with van der Waals surface area (Å²) in [5.41, 5.74) is 0.563. The van der Waals surface area contributed by atoms with E-state index in [1.165, 1.54) is 6.20 Å². The van der Waals surface area contributed by atoms with E-state index in [1.807, 2.05) is 0 Å². The molecule has 0 spiro atoms. The van der Waals surface area contributed by atoms with Crippen LogP contribution in [0, 0.1) is 0 Å². The number of hydrogen-bond acceptors (Lipinski definition) is 2. The third-order valence-corrected chi connectivity index (χ3v) is 2.29. The van der Waals surface area contributed by atoms with E-state index in [0.717, 1.165) is 0 Å². The van der Waals surface area contributed by atoms with Gasteiger partial charge in [0.25, 0.3) is 5.91 Å². The van der Waals surface area contributed by atoms with E-state index >= 15 is 0 Å². The standard InChI is InChI=1S/C9H13Cl2N3O/c1-13-7-8(6-12-13)9(15)14(4-2-10)5-3-11/h6-7H,2-5H2,1H3. The van der Waals surface area contributed by atoms with Crippen molar-refractivity contribution in [2.75, 3.05) is 24.8 Å². The predicted molar refractivity (Wildman–Crippen MR) is 60.6 cm³/mol. The average Bonchev–Trinajstić information content (AvgIpc) is 2.63. The summed E-state index contributed by atoms with van der Waals surface area (Å²) in [5.74, 6) is 0.732. The van der Waals surface area contributed by atoms with Crippen molar-refractivity contribution in [2.45, 2.75) is 0 Å². The summed E-state index contributed by atoms with van der Waals surface area (Å²) >= 11 is 11.2. The van der Waals surface area contributed by atoms with Gasteiger partial charge in [-0.3, -0.25) is 9.48 Å². The first-order chi connectivity index (χ1) is 7.19. The molecule has 1 rings (SSSR count). The number of aryl methyl sites for hydroxylation is 1. The largest absolute Gasteiger partial charge is 0.336 e. The number of alkyl halides is 2. The molecule has 0 aliphatic rings. The Morgan fingerprint density at radius 1 is 1.47 bits per heavy atom. The number of amides is 1. The van der Waals surface area contributed by atoms with Gasteiger partial charge < -0.3 is 4.90 Å². The van der Waals surface area contributed by atoms with Gasteiger partial charge in [-0.2, -0.15) is 5.10 Å². The normalized spacial score (nSPS) is 10.3. The van der Waals surface area contributed by atoms with E-state index in [1.54, 1.807) is 22.8 Å². The highest BCUT2D eigenvalue weighted by Gasteiger charge is 2.15. The highest BCUT2D eigenvalue weighted by Crippen LogP contribution is 2.04. The van der Waals surface area contributed by atoms with Gasteiger partial charge in [0.15, 0.2) is 0 Å². The first kappa shape index (κ1) is 12.3. The monoisotopic (exact) mass is 249 g/mol. The third kappa shape index (κ3) is 3.39. The predicted octanol–water partition coefficient (Wildman–Crippen LogP) is 1.34. The number of rotatable bonds is 5. The molecule has 0 saturated carbocycles. The smallest absolute Gasteiger partial charge is 0.257 e. The molecule has 1 amide bonds. The van der Waals surface area contributed by atoms with Gasteiger partial charge in [0.1, 0.15) is 0 Å². The molecule has 1 heterocycles. The number of hydrogen-bond donors (Lipinski definition) is 0. The Bertz CT molecular complexity index is 321. The molecule has 0 atom stereocenters. The maximum absolute atomic E-state index is 11.9. The molecule has 84 valence electrons. The minimum absolute atomic E-state index is 0.0793. The topological polar surface area (TPSA) is 38.1 Å². The molecule has 0 unspecified atom stereocenters. The van der Waals surface area contributed by atoms with Gasteiger partial charge in [-0.25, -0.2) is 0 Å². The lowest BCUT2D eigenvalue weighted by Crippen LogP contribution is -2.34. The molecule has 1 aromatic heterocycles. The van der Waals surface area contributed by atoms with E-state index in [-0.39, 0.29) is 5.91 Å². The van der Waals surface area contributed by atoms with Crippen molar-refractivity contribution in [3.8, 4) is 0 Å². The van der Waals surface area contributed by atoms with Crippen molar-refractivity contribution in [1.82, 2.24) is 14.7 Å². The number of carbonyl (C=O) groups is 1. The fourth-order valence-electron chi connectivity index (χ4n) is 1.23. The molecule has 0 saturated heterocycles. The molecule has 0 radical (unpaired) electrons. The molecule has 1 aromatic rings. The summed E-state index contributed by atoms with van der Waals surface area (Å²) in [4.78, 5) is 13.5. The zero-order valence-corrected chi connectivity index (χ0v) is 10.0. The van der Waals surface area contributed by atoms with Crippen LogP contribution in [0.5, 0.6) is 0 Å². The molecule has 0 fully saturated rings. The van der Waals surface area contributed by atoms with Crippen LogP contribution in [0.2, 0.25) is 0 Å². The first-order valence-corrected chi connectivity index (χ1v) is 5.65. The van der Waals surface area contributed by atoms with Crippen LogP contribution in [0.3, 0.4) is 0 Å². The second-order valence-corrected chi connectivity index (χ2v) is 3.83. The number of nitrogens with zero attached hydrogens (tertiary/aromatic N) is 3. The van der Waals surface area contributed by atoms with Crippen LogP contribution in [-0.2, 0) is 7.05 Å². The Morgan fingerprint density at radius 2 is 2.07 bits per heavy atom. The van der Waals surface area contributed by atoms with Crippen LogP contribution in [-0.4, -0.2) is 45.4 Å². The fraction of sp³-hybridized carbons (Fsp3) is 0.556. The quantitative estimate of drug-likeness (QED) is 0.739. The highest BCUT2D eigenvalue weighted by atomic mass is 35.5. The Labute approximate surface area is 98.8 Å². The van der Waals surface area contributed by atoms with E-state index < -0.39 is 0 Å². The Hall–Kier alpha value is -0.740. The number of halogens is 2. The minimum atomic E-state index is -0.0793. The van der Waals surface area contributed by atoms with E-state index in [9.17, 15) is 4.79 Å². The van der Waals surface area contributed by atoms with Crippen molar-refractivity contribution < 1.29 is 4.79 Å². The third-order valence-electron chi connectivity index (χ3n) is 1.95. The minimum Gasteiger partial charge on any atom is -0.336 e. The molecular weight excluding hydrogens is 237 g/mol. The SMILES string of the molecule is Cn1cc(C(=O)N(CCCl)CCCl)cn1. The molecule has 0 aromatic carbocycles. The van der Waals surface area contributed by atoms with Crippen molar-refractivity contribution >= 4 is 29.1 Å². The maximum Gasteiger partial charge on any atom is 0.257 e. The zero-order chi connectivity index (χ0) is 11.3. The van der Waals surface area contributed by atoms with Gasteiger partial charge in [0.05, 0.1) is 11.8 Å². The lowest BCUT2D eigenvalue weighted by atomic mass is 10.3. The summed E-state index contributed by atoms with van der Waals surface area (Å²) in [6.07, 6.45) is 3.22. The molecule has 0 N–H and O–H groups in total. The molecule has 0 aliphatic heterocycles. The van der Waals surface area contributed by atoms with Crippen molar-refractivity contribution in [3.05, 3.63) is 18.0 Å². The number of aromatic nitrogens is 2. The molecular formula is C9H13Cl2N3O. The Kier molecular flexibility index (Phi) is 4.91. The molecule has 4 nitrogen and oxygen atoms in total. The summed E-state index contributed by atoms with van der Waals surface area (Å²) in [6.45, 7) is 1.00. The zero-order valence-electron chi connectivity index (χ0n) is 8.49. The Morgan fingerprint density at radius 3 is 2.47 bits per heavy atom. The Balaban J connectivity index is 2.71. The second-order valence-electron chi connectivity index (χ2n) is 3.07. The fourth-order valence-corrected chi connectivity index (χ4v) is 1.64. The van der Waals surface area contributed by atoms with Crippen molar-refractivity contribution in [2.24, 2.45) is 7.05 Å². The van der Waals surface area contributed by atoms with Gasteiger partial charge in [0.2, 0.25) is 0 Å².